The summed E-state index contributed by atoms with van der Waals surface area (Å²) in [4.78, 5) is 35.5. The van der Waals surface area contributed by atoms with Crippen LogP contribution in [0.1, 0.15) is 34.9 Å². The Labute approximate surface area is 191 Å². The number of amides is 2. The van der Waals surface area contributed by atoms with Crippen LogP contribution in [0, 0.1) is 0 Å². The number of alkyl carbamates (subject to hydrolysis) is 1. The van der Waals surface area contributed by atoms with Crippen LogP contribution in [0.5, 0.6) is 5.75 Å². The predicted octanol–water partition coefficient (Wildman–Crippen LogP) is 3.10. The number of nitrogens with one attached hydrogen (secondary N) is 1. The minimum absolute atomic E-state index is 0.0920. The Kier molecular flexibility index (Phi) is 10.6. The zero-order chi connectivity index (χ0) is 24.1. The molecule has 0 heterocycles. The van der Waals surface area contributed by atoms with Crippen molar-refractivity contribution in [3.63, 3.8) is 0 Å². The lowest BCUT2D eigenvalue weighted by Crippen LogP contribution is -2.35. The summed E-state index contributed by atoms with van der Waals surface area (Å²) in [6.07, 6.45) is 0.674. The summed E-state index contributed by atoms with van der Waals surface area (Å²) in [7, 11) is 1.45. The van der Waals surface area contributed by atoms with Gasteiger partial charge in [-0.1, -0.05) is 36.4 Å². The first kappa shape index (κ1) is 25.6. The number of methoxy groups -OCH3 is 1. The van der Waals surface area contributed by atoms with E-state index in [1.807, 2.05) is 0 Å². The Morgan fingerprint density at radius 3 is 2.52 bits per heavy atom. The molecule has 0 aromatic heterocycles. The second kappa shape index (κ2) is 13.7. The van der Waals surface area contributed by atoms with Crippen molar-refractivity contribution >= 4 is 18.0 Å². The molecule has 33 heavy (non-hydrogen) atoms. The first-order chi connectivity index (χ1) is 15.9. The van der Waals surface area contributed by atoms with E-state index in [1.165, 1.54) is 13.2 Å². The maximum Gasteiger partial charge on any atom is 0.414 e. The molecule has 0 aliphatic rings. The molecular weight excluding hydrogens is 430 g/mol. The number of carbonyl (C=O) groups excluding carboxylic acids is 2. The van der Waals surface area contributed by atoms with Crippen molar-refractivity contribution in [2.45, 2.75) is 25.0 Å². The number of ether oxygens (including phenoxy) is 3. The van der Waals surface area contributed by atoms with Crippen molar-refractivity contribution in [2.75, 3.05) is 20.3 Å². The summed E-state index contributed by atoms with van der Waals surface area (Å²) in [6, 6.07) is 15.0. The van der Waals surface area contributed by atoms with E-state index in [0.29, 0.717) is 29.7 Å². The summed E-state index contributed by atoms with van der Waals surface area (Å²) in [6.45, 7) is -0.0699. The number of rotatable bonds is 12. The van der Waals surface area contributed by atoms with E-state index in [0.717, 1.165) is 6.08 Å². The van der Waals surface area contributed by atoms with E-state index in [-0.39, 0.29) is 13.2 Å². The zero-order valence-electron chi connectivity index (χ0n) is 18.2. The zero-order valence-corrected chi connectivity index (χ0v) is 18.2. The molecule has 2 atom stereocenters. The second-order valence-corrected chi connectivity index (χ2v) is 6.88. The lowest BCUT2D eigenvalue weighted by molar-refractivity contribution is -0.131. The average molecular weight is 457 g/mol. The molecule has 176 valence electrons. The minimum atomic E-state index is -1.07. The van der Waals surface area contributed by atoms with Gasteiger partial charge in [-0.3, -0.25) is 10.1 Å². The lowest BCUT2D eigenvalue weighted by Gasteiger charge is -2.26. The summed E-state index contributed by atoms with van der Waals surface area (Å²) in [5.41, 5.74) is 0.842. The highest BCUT2D eigenvalue weighted by Gasteiger charge is 2.28. The van der Waals surface area contributed by atoms with Crippen LogP contribution in [-0.4, -0.2) is 54.6 Å². The molecule has 0 aliphatic carbocycles. The number of carboxylic acid groups (broad SMARTS) is 1. The number of allylic oxidation sites excluding steroid dienone is 1. The van der Waals surface area contributed by atoms with E-state index in [4.69, 9.17) is 24.4 Å². The third kappa shape index (κ3) is 8.76. The van der Waals surface area contributed by atoms with Gasteiger partial charge in [0.2, 0.25) is 0 Å². The number of hydrogen-bond donors (Lipinski definition) is 3. The molecule has 0 fully saturated rings. The molecule has 9 nitrogen and oxygen atoms in total. The van der Waals surface area contributed by atoms with Crippen LogP contribution in [0.15, 0.2) is 66.7 Å². The van der Waals surface area contributed by atoms with E-state index >= 15 is 0 Å². The first-order valence-electron chi connectivity index (χ1n) is 10.3. The maximum absolute atomic E-state index is 12.5. The Balaban J connectivity index is 2.20. The van der Waals surface area contributed by atoms with Gasteiger partial charge in [0.1, 0.15) is 12.4 Å². The predicted molar refractivity (Wildman–Crippen MR) is 119 cm³/mol. The fraction of sp³-hybridized carbons (Fsp3) is 0.292. The fourth-order valence-corrected chi connectivity index (χ4v) is 3.04. The normalized spacial score (nSPS) is 12.7. The molecule has 3 N–H and O–H groups in total. The standard InChI is InChI=1S/C24H27NO8/c1-31-20(12-5-6-13-21(27)28)22(18-10-7-11-19(16-18)32-15-14-26)33-24(30)25-23(29)17-8-3-2-4-9-17/h2-4,6-11,13,16,20,22,26H,5,12,14-15H2,1H3,(H,27,28)(H,25,29,30)/b13-6+/t20-,22-/m0/s1. The molecule has 0 unspecified atom stereocenters. The lowest BCUT2D eigenvalue weighted by atomic mass is 10.00. The van der Waals surface area contributed by atoms with Crippen LogP contribution in [0.2, 0.25) is 0 Å². The highest BCUT2D eigenvalue weighted by molar-refractivity contribution is 6.02. The van der Waals surface area contributed by atoms with Crippen LogP contribution < -0.4 is 10.1 Å². The molecule has 2 aromatic rings. The highest BCUT2D eigenvalue weighted by Crippen LogP contribution is 2.29. The SMILES string of the molecule is CO[C@@H](CC/C=C/C(=O)O)[C@@H](OC(=O)NC(=O)c1ccccc1)c1cccc(OCCO)c1. The third-order valence-corrected chi connectivity index (χ3v) is 4.55. The number of imide groups is 1. The highest BCUT2D eigenvalue weighted by atomic mass is 16.6. The van der Waals surface area contributed by atoms with Gasteiger partial charge in [0, 0.05) is 18.7 Å². The molecule has 2 amide bonds. The van der Waals surface area contributed by atoms with Crippen molar-refractivity contribution in [1.82, 2.24) is 5.32 Å². The molecule has 0 saturated carbocycles. The van der Waals surface area contributed by atoms with Crippen LogP contribution in [0.25, 0.3) is 0 Å². The van der Waals surface area contributed by atoms with Crippen molar-refractivity contribution in [2.24, 2.45) is 0 Å². The summed E-state index contributed by atoms with van der Waals surface area (Å²) >= 11 is 0. The van der Waals surface area contributed by atoms with E-state index in [1.54, 1.807) is 54.6 Å². The van der Waals surface area contributed by atoms with Crippen molar-refractivity contribution in [1.29, 1.82) is 0 Å². The Morgan fingerprint density at radius 1 is 1.09 bits per heavy atom. The van der Waals surface area contributed by atoms with Crippen LogP contribution >= 0.6 is 0 Å². The molecule has 0 radical (unpaired) electrons. The van der Waals surface area contributed by atoms with E-state index in [9.17, 15) is 14.4 Å². The topological polar surface area (TPSA) is 131 Å². The monoisotopic (exact) mass is 457 g/mol. The number of carboxylic acids is 1. The minimum Gasteiger partial charge on any atom is -0.491 e. The van der Waals surface area contributed by atoms with Gasteiger partial charge in [-0.2, -0.15) is 0 Å². The van der Waals surface area contributed by atoms with Crippen LogP contribution in [0.3, 0.4) is 0 Å². The van der Waals surface area contributed by atoms with Crippen LogP contribution in [0.4, 0.5) is 4.79 Å². The van der Waals surface area contributed by atoms with Gasteiger partial charge in [-0.15, -0.1) is 0 Å². The second-order valence-electron chi connectivity index (χ2n) is 6.88. The van der Waals surface area contributed by atoms with Gasteiger partial charge in [0.05, 0.1) is 12.7 Å². The molecule has 0 aliphatic heterocycles. The number of hydrogen-bond acceptors (Lipinski definition) is 7. The summed E-state index contributed by atoms with van der Waals surface area (Å²) < 4.78 is 16.5. The molecule has 2 rings (SSSR count). The van der Waals surface area contributed by atoms with E-state index in [2.05, 4.69) is 5.32 Å². The molecule has 0 saturated heterocycles. The van der Waals surface area contributed by atoms with Gasteiger partial charge in [0.15, 0.2) is 6.10 Å². The molecule has 0 bridgehead atoms. The van der Waals surface area contributed by atoms with Crippen molar-refractivity contribution in [3.8, 4) is 5.75 Å². The van der Waals surface area contributed by atoms with Gasteiger partial charge in [-0.25, -0.2) is 9.59 Å². The van der Waals surface area contributed by atoms with Gasteiger partial charge < -0.3 is 24.4 Å². The van der Waals surface area contributed by atoms with Crippen molar-refractivity contribution < 1.29 is 38.8 Å². The quantitative estimate of drug-likeness (QED) is 0.414. The summed E-state index contributed by atoms with van der Waals surface area (Å²) in [5, 5.41) is 19.9. The smallest absolute Gasteiger partial charge is 0.414 e. The Hall–Kier alpha value is -3.69. The molecule has 2 aromatic carbocycles. The number of carbonyl (C=O) groups is 3. The number of aliphatic hydroxyl groups is 1. The third-order valence-electron chi connectivity index (χ3n) is 4.55. The number of aliphatic carboxylic acids is 1. The van der Waals surface area contributed by atoms with Crippen LogP contribution in [-0.2, 0) is 14.3 Å². The Bertz CT molecular complexity index is 944. The van der Waals surface area contributed by atoms with E-state index < -0.39 is 30.2 Å². The maximum atomic E-state index is 12.5. The van der Waals surface area contributed by atoms with Gasteiger partial charge in [-0.05, 0) is 42.7 Å². The molecule has 9 heteroatoms. The van der Waals surface area contributed by atoms with Crippen molar-refractivity contribution in [3.05, 3.63) is 77.9 Å². The first-order valence-corrected chi connectivity index (χ1v) is 10.3. The summed E-state index contributed by atoms with van der Waals surface area (Å²) in [5.74, 6) is -1.22. The number of benzene rings is 2. The molecule has 0 spiro atoms. The average Bonchev–Trinajstić information content (AvgIpc) is 2.82. The Morgan fingerprint density at radius 2 is 1.85 bits per heavy atom. The number of aliphatic hydroxyl groups excluding tert-OH is 1. The van der Waals surface area contributed by atoms with Gasteiger partial charge in [0.25, 0.3) is 5.91 Å². The fourth-order valence-electron chi connectivity index (χ4n) is 3.04. The largest absolute Gasteiger partial charge is 0.491 e. The van der Waals surface area contributed by atoms with Gasteiger partial charge >= 0.3 is 12.1 Å². The molecular formula is C24H27NO8.